The second-order valence-electron chi connectivity index (χ2n) is 2.71. The molecule has 14 heavy (non-hydrogen) atoms. The van der Waals surface area contributed by atoms with Crippen molar-refractivity contribution in [1.29, 1.82) is 0 Å². The van der Waals surface area contributed by atoms with E-state index in [-0.39, 0.29) is 62.5 Å². The summed E-state index contributed by atoms with van der Waals surface area (Å²) in [6.07, 6.45) is 0. The van der Waals surface area contributed by atoms with Crippen molar-refractivity contribution in [3.63, 3.8) is 0 Å². The molecule has 0 spiro atoms. The maximum absolute atomic E-state index is 11.2. The minimum absolute atomic E-state index is 0. The van der Waals surface area contributed by atoms with Crippen molar-refractivity contribution < 1.29 is 51.4 Å². The number of hydrogen-bond acceptors (Lipinski definition) is 3. The van der Waals surface area contributed by atoms with E-state index >= 15 is 0 Å². The summed E-state index contributed by atoms with van der Waals surface area (Å²) in [6, 6.07) is 4.58. The van der Waals surface area contributed by atoms with Gasteiger partial charge in [0, 0.05) is 5.69 Å². The molecule has 0 amide bonds. The number of anilines is 1. The fraction of sp³-hybridized carbons (Fsp3) is 0. The summed E-state index contributed by atoms with van der Waals surface area (Å²) < 4.78 is 0. The van der Waals surface area contributed by atoms with Crippen molar-refractivity contribution >= 4 is 16.5 Å². The van der Waals surface area contributed by atoms with Crippen molar-refractivity contribution in [2.45, 2.75) is 0 Å². The number of aromatic nitrogens is 2. The molecule has 0 bridgehead atoms. The largest absolute Gasteiger partial charge is 1.00 e. The van der Waals surface area contributed by atoms with E-state index in [9.17, 15) is 9.59 Å². The van der Waals surface area contributed by atoms with E-state index in [1.54, 1.807) is 6.07 Å². The molecular formula is C8H7KN3O2+. The van der Waals surface area contributed by atoms with Gasteiger partial charge < -0.3 is 5.73 Å². The van der Waals surface area contributed by atoms with Gasteiger partial charge in [-0.2, -0.15) is 0 Å². The number of rotatable bonds is 0. The molecule has 2 aromatic rings. The first-order valence-electron chi connectivity index (χ1n) is 3.68. The fourth-order valence-electron chi connectivity index (χ4n) is 1.20. The Morgan fingerprint density at radius 1 is 1.00 bits per heavy atom. The molecule has 5 nitrogen and oxygen atoms in total. The molecule has 1 heterocycles. The van der Waals surface area contributed by atoms with Crippen LogP contribution in [0.2, 0.25) is 0 Å². The van der Waals surface area contributed by atoms with Gasteiger partial charge in [0.2, 0.25) is 0 Å². The third kappa shape index (κ3) is 1.99. The second-order valence-corrected chi connectivity index (χ2v) is 2.71. The van der Waals surface area contributed by atoms with E-state index in [2.05, 4.69) is 10.2 Å². The molecule has 4 N–H and O–H groups in total. The van der Waals surface area contributed by atoms with Crippen LogP contribution in [0, 0.1) is 0 Å². The zero-order valence-corrected chi connectivity index (χ0v) is 10.7. The SMILES string of the molecule is Nc1ccc2c(=O)[nH][nH]c(=O)c2c1.[K+]. The van der Waals surface area contributed by atoms with Gasteiger partial charge in [0.25, 0.3) is 11.1 Å². The van der Waals surface area contributed by atoms with Crippen molar-refractivity contribution in [3.05, 3.63) is 38.9 Å². The van der Waals surface area contributed by atoms with Crippen LogP contribution >= 0.6 is 0 Å². The van der Waals surface area contributed by atoms with Gasteiger partial charge in [0.15, 0.2) is 0 Å². The van der Waals surface area contributed by atoms with Gasteiger partial charge in [0.1, 0.15) is 0 Å². The summed E-state index contributed by atoms with van der Waals surface area (Å²) in [6.45, 7) is 0. The number of H-pyrrole nitrogens is 2. The van der Waals surface area contributed by atoms with E-state index in [1.807, 2.05) is 0 Å². The van der Waals surface area contributed by atoms with Gasteiger partial charge >= 0.3 is 51.4 Å². The molecule has 0 aliphatic rings. The van der Waals surface area contributed by atoms with Gasteiger partial charge in [-0.3, -0.25) is 19.8 Å². The van der Waals surface area contributed by atoms with Crippen LogP contribution in [0.25, 0.3) is 10.8 Å². The van der Waals surface area contributed by atoms with Crippen LogP contribution in [0.1, 0.15) is 0 Å². The minimum atomic E-state index is -0.345. The molecule has 0 radical (unpaired) electrons. The molecule has 6 heteroatoms. The predicted molar refractivity (Wildman–Crippen MR) is 49.6 cm³/mol. The molecule has 0 unspecified atom stereocenters. The van der Waals surface area contributed by atoms with E-state index in [0.29, 0.717) is 16.5 Å². The average molecular weight is 216 g/mol. The molecule has 0 saturated carbocycles. The van der Waals surface area contributed by atoms with Crippen LogP contribution < -0.4 is 68.2 Å². The zero-order chi connectivity index (χ0) is 9.42. The van der Waals surface area contributed by atoms with E-state index in [1.165, 1.54) is 12.1 Å². The molecular weight excluding hydrogens is 209 g/mol. The molecule has 0 atom stereocenters. The Bertz CT molecular complexity index is 573. The zero-order valence-electron chi connectivity index (χ0n) is 7.63. The summed E-state index contributed by atoms with van der Waals surface area (Å²) >= 11 is 0. The number of nitrogens with one attached hydrogen (secondary N) is 2. The van der Waals surface area contributed by atoms with Gasteiger partial charge in [-0.05, 0) is 18.2 Å². The van der Waals surface area contributed by atoms with Gasteiger partial charge in [0.05, 0.1) is 10.8 Å². The summed E-state index contributed by atoms with van der Waals surface area (Å²) in [7, 11) is 0. The van der Waals surface area contributed by atoms with Gasteiger partial charge in [-0.25, -0.2) is 0 Å². The number of fused-ring (bicyclic) bond motifs is 1. The molecule has 0 saturated heterocycles. The molecule has 1 aromatic heterocycles. The van der Waals surface area contributed by atoms with Crippen molar-refractivity contribution in [2.24, 2.45) is 0 Å². The summed E-state index contributed by atoms with van der Waals surface area (Å²) in [5.41, 5.74) is 5.27. The van der Waals surface area contributed by atoms with Crippen LogP contribution in [0.15, 0.2) is 27.8 Å². The Morgan fingerprint density at radius 3 is 2.21 bits per heavy atom. The van der Waals surface area contributed by atoms with Crippen molar-refractivity contribution in [3.8, 4) is 0 Å². The van der Waals surface area contributed by atoms with Crippen LogP contribution in [-0.2, 0) is 0 Å². The summed E-state index contributed by atoms with van der Waals surface area (Å²) in [5, 5.41) is 5.10. The van der Waals surface area contributed by atoms with Crippen molar-refractivity contribution in [2.75, 3.05) is 5.73 Å². The first-order valence-corrected chi connectivity index (χ1v) is 3.68. The Labute approximate surface area is 121 Å². The molecule has 0 aliphatic carbocycles. The average Bonchev–Trinajstić information content (AvgIpc) is 2.12. The van der Waals surface area contributed by atoms with Gasteiger partial charge in [-0.15, -0.1) is 0 Å². The molecule has 0 aliphatic heterocycles. The third-order valence-electron chi connectivity index (χ3n) is 1.82. The fourth-order valence-corrected chi connectivity index (χ4v) is 1.20. The summed E-state index contributed by atoms with van der Waals surface area (Å²) in [5.74, 6) is 0. The molecule has 2 rings (SSSR count). The monoisotopic (exact) mass is 216 g/mol. The topological polar surface area (TPSA) is 91.7 Å². The Hall–Kier alpha value is -0.404. The second kappa shape index (κ2) is 4.41. The minimum Gasteiger partial charge on any atom is -0.399 e. The predicted octanol–water partition coefficient (Wildman–Crippen LogP) is -3.20. The van der Waals surface area contributed by atoms with Crippen molar-refractivity contribution in [1.82, 2.24) is 10.2 Å². The van der Waals surface area contributed by atoms with Crippen LogP contribution in [-0.4, -0.2) is 10.2 Å². The first kappa shape index (κ1) is 11.7. The number of nitrogen functional groups attached to an aromatic ring is 1. The maximum atomic E-state index is 11.2. The molecule has 1 aromatic carbocycles. The van der Waals surface area contributed by atoms with Crippen LogP contribution in [0.3, 0.4) is 0 Å². The standard InChI is InChI=1S/C8H7N3O2.K/c9-4-1-2-5-6(3-4)8(13)11-10-7(5)12;/h1-3H,9H2,(H,10,12)(H,11,13);/q;+1. The quantitative estimate of drug-likeness (QED) is 0.320. The number of aromatic amines is 2. The Morgan fingerprint density at radius 2 is 1.57 bits per heavy atom. The van der Waals surface area contributed by atoms with E-state index < -0.39 is 0 Å². The Balaban J connectivity index is 0.000000980. The normalized spacial score (nSPS) is 9.71. The van der Waals surface area contributed by atoms with E-state index in [4.69, 9.17) is 5.73 Å². The first-order chi connectivity index (χ1) is 6.18. The number of nitrogens with two attached hydrogens (primary N) is 1. The van der Waals surface area contributed by atoms with E-state index in [0.717, 1.165) is 0 Å². The number of hydrogen-bond donors (Lipinski definition) is 3. The van der Waals surface area contributed by atoms with Gasteiger partial charge in [-0.1, -0.05) is 0 Å². The molecule has 66 valence electrons. The third-order valence-corrected chi connectivity index (χ3v) is 1.82. The van der Waals surface area contributed by atoms with Crippen LogP contribution in [0.5, 0.6) is 0 Å². The Kier molecular flexibility index (Phi) is 3.68. The molecule has 0 fully saturated rings. The van der Waals surface area contributed by atoms with Crippen LogP contribution in [0.4, 0.5) is 5.69 Å². The summed E-state index contributed by atoms with van der Waals surface area (Å²) in [4.78, 5) is 22.4. The smallest absolute Gasteiger partial charge is 0.399 e. The maximum Gasteiger partial charge on any atom is 1.00 e. The number of benzene rings is 1.